The van der Waals surface area contributed by atoms with E-state index in [1.807, 2.05) is 0 Å². The van der Waals surface area contributed by atoms with Crippen LogP contribution in [0.2, 0.25) is 18.1 Å². The Morgan fingerprint density at radius 1 is 1.12 bits per heavy atom. The van der Waals surface area contributed by atoms with Gasteiger partial charge in [0.05, 0.1) is 0 Å². The van der Waals surface area contributed by atoms with Gasteiger partial charge >= 0.3 is 0 Å². The van der Waals surface area contributed by atoms with Gasteiger partial charge in [0.2, 0.25) is 8.32 Å². The average molecular weight is 250 g/mol. The fourth-order valence-electron chi connectivity index (χ4n) is 1.38. The molecule has 0 amide bonds. The SMILES string of the molecule is CC(C)c1cccc(O[Si](C)(C)C(C)(C)C)c1. The fraction of sp³-hybridized carbons (Fsp3) is 0.600. The second-order valence-corrected chi connectivity index (χ2v) is 11.3. The van der Waals surface area contributed by atoms with Crippen LogP contribution in [0.4, 0.5) is 0 Å². The van der Waals surface area contributed by atoms with Gasteiger partial charge in [0.25, 0.3) is 0 Å². The van der Waals surface area contributed by atoms with Crippen LogP contribution in [0.25, 0.3) is 0 Å². The van der Waals surface area contributed by atoms with Gasteiger partial charge in [0.1, 0.15) is 5.75 Å². The van der Waals surface area contributed by atoms with Crippen molar-refractivity contribution in [1.29, 1.82) is 0 Å². The van der Waals surface area contributed by atoms with Crippen molar-refractivity contribution in [1.82, 2.24) is 0 Å². The zero-order valence-electron chi connectivity index (χ0n) is 12.3. The van der Waals surface area contributed by atoms with Crippen LogP contribution in [0, 0.1) is 0 Å². The summed E-state index contributed by atoms with van der Waals surface area (Å²) in [6.07, 6.45) is 0. The minimum absolute atomic E-state index is 0.251. The molecule has 0 spiro atoms. The Morgan fingerprint density at radius 2 is 1.71 bits per heavy atom. The minimum atomic E-state index is -1.70. The van der Waals surface area contributed by atoms with E-state index in [9.17, 15) is 0 Å². The molecule has 1 aromatic rings. The molecule has 0 N–H and O–H groups in total. The molecule has 0 radical (unpaired) electrons. The van der Waals surface area contributed by atoms with Crippen molar-refractivity contribution in [2.75, 3.05) is 0 Å². The van der Waals surface area contributed by atoms with E-state index in [4.69, 9.17) is 4.43 Å². The lowest BCUT2D eigenvalue weighted by molar-refractivity contribution is 0.491. The normalized spacial score (nSPS) is 12.9. The maximum absolute atomic E-state index is 6.30. The smallest absolute Gasteiger partial charge is 0.250 e. The molecule has 96 valence electrons. The highest BCUT2D eigenvalue weighted by molar-refractivity contribution is 6.74. The van der Waals surface area contributed by atoms with Gasteiger partial charge in [-0.05, 0) is 41.7 Å². The molecule has 17 heavy (non-hydrogen) atoms. The molecule has 1 nitrogen and oxygen atoms in total. The lowest BCUT2D eigenvalue weighted by Gasteiger charge is -2.36. The molecule has 0 aliphatic rings. The number of hydrogen-bond donors (Lipinski definition) is 0. The Bertz CT molecular complexity index is 375. The van der Waals surface area contributed by atoms with E-state index in [1.165, 1.54) is 5.56 Å². The number of rotatable bonds is 3. The lowest BCUT2D eigenvalue weighted by atomic mass is 10.0. The third-order valence-electron chi connectivity index (χ3n) is 3.70. The van der Waals surface area contributed by atoms with Crippen molar-refractivity contribution in [3.63, 3.8) is 0 Å². The summed E-state index contributed by atoms with van der Waals surface area (Å²) in [5.41, 5.74) is 1.35. The first-order valence-corrected chi connectivity index (χ1v) is 9.33. The topological polar surface area (TPSA) is 9.23 Å². The molecule has 1 aromatic carbocycles. The van der Waals surface area contributed by atoms with E-state index in [1.54, 1.807) is 0 Å². The Labute approximate surface area is 107 Å². The Hall–Kier alpha value is -0.763. The van der Waals surface area contributed by atoms with Crippen LogP contribution < -0.4 is 4.43 Å². The highest BCUT2D eigenvalue weighted by Crippen LogP contribution is 2.37. The van der Waals surface area contributed by atoms with Gasteiger partial charge in [-0.25, -0.2) is 0 Å². The van der Waals surface area contributed by atoms with E-state index in [0.717, 1.165) is 5.75 Å². The largest absolute Gasteiger partial charge is 0.543 e. The zero-order chi connectivity index (χ0) is 13.3. The van der Waals surface area contributed by atoms with Crippen molar-refractivity contribution < 1.29 is 4.43 Å². The second kappa shape index (κ2) is 4.85. The summed E-state index contributed by atoms with van der Waals surface area (Å²) in [6, 6.07) is 8.53. The number of benzene rings is 1. The standard InChI is InChI=1S/C15H26OSi/c1-12(2)13-9-8-10-14(11-13)16-17(6,7)15(3,4)5/h8-12H,1-7H3. The molecule has 0 unspecified atom stereocenters. The van der Waals surface area contributed by atoms with Crippen LogP contribution in [0.15, 0.2) is 24.3 Å². The van der Waals surface area contributed by atoms with Gasteiger partial charge in [0.15, 0.2) is 0 Å². The molecular formula is C15H26OSi. The predicted octanol–water partition coefficient (Wildman–Crippen LogP) is 5.19. The molecule has 0 heterocycles. The molecule has 0 atom stereocenters. The van der Waals surface area contributed by atoms with E-state index < -0.39 is 8.32 Å². The second-order valence-electron chi connectivity index (χ2n) is 6.59. The maximum Gasteiger partial charge on any atom is 0.250 e. The molecular weight excluding hydrogens is 224 g/mol. The van der Waals surface area contributed by atoms with Gasteiger partial charge in [-0.15, -0.1) is 0 Å². The van der Waals surface area contributed by atoms with Gasteiger partial charge in [-0.1, -0.05) is 46.8 Å². The molecule has 1 rings (SSSR count). The minimum Gasteiger partial charge on any atom is -0.543 e. The first kappa shape index (κ1) is 14.3. The molecule has 0 saturated heterocycles. The summed E-state index contributed by atoms with van der Waals surface area (Å²) in [6.45, 7) is 15.8. The summed E-state index contributed by atoms with van der Waals surface area (Å²) in [5, 5.41) is 0.251. The summed E-state index contributed by atoms with van der Waals surface area (Å²) in [7, 11) is -1.70. The predicted molar refractivity (Wildman–Crippen MR) is 78.4 cm³/mol. The third kappa shape index (κ3) is 3.60. The van der Waals surface area contributed by atoms with Crippen LogP contribution >= 0.6 is 0 Å². The monoisotopic (exact) mass is 250 g/mol. The van der Waals surface area contributed by atoms with Crippen LogP contribution in [0.1, 0.15) is 46.1 Å². The lowest BCUT2D eigenvalue weighted by Crippen LogP contribution is -2.43. The maximum atomic E-state index is 6.30. The molecule has 0 aromatic heterocycles. The van der Waals surface area contributed by atoms with Crippen LogP contribution in [-0.2, 0) is 0 Å². The molecule has 0 bridgehead atoms. The first-order valence-electron chi connectivity index (χ1n) is 6.42. The quantitative estimate of drug-likeness (QED) is 0.670. The van der Waals surface area contributed by atoms with Crippen LogP contribution in [-0.4, -0.2) is 8.32 Å². The summed E-state index contributed by atoms with van der Waals surface area (Å²) in [4.78, 5) is 0. The molecule has 0 saturated carbocycles. The van der Waals surface area contributed by atoms with Crippen molar-refractivity contribution in [2.45, 2.75) is 58.7 Å². The van der Waals surface area contributed by atoms with Gasteiger partial charge in [-0.3, -0.25) is 0 Å². The molecule has 2 heteroatoms. The third-order valence-corrected chi connectivity index (χ3v) is 8.06. The molecule has 0 aliphatic carbocycles. The van der Waals surface area contributed by atoms with Crippen molar-refractivity contribution in [2.24, 2.45) is 0 Å². The van der Waals surface area contributed by atoms with Crippen molar-refractivity contribution in [3.05, 3.63) is 29.8 Å². The highest BCUT2D eigenvalue weighted by atomic mass is 28.4. The van der Waals surface area contributed by atoms with Crippen LogP contribution in [0.5, 0.6) is 5.75 Å². The fourth-order valence-corrected chi connectivity index (χ4v) is 2.41. The van der Waals surface area contributed by atoms with Gasteiger partial charge < -0.3 is 4.43 Å². The Kier molecular flexibility index (Phi) is 4.08. The Balaban J connectivity index is 2.92. The van der Waals surface area contributed by atoms with E-state index in [0.29, 0.717) is 5.92 Å². The van der Waals surface area contributed by atoms with Crippen molar-refractivity contribution in [3.8, 4) is 5.75 Å². The van der Waals surface area contributed by atoms with Crippen molar-refractivity contribution >= 4 is 8.32 Å². The van der Waals surface area contributed by atoms with Gasteiger partial charge in [-0.2, -0.15) is 0 Å². The first-order chi connectivity index (χ1) is 7.63. The Morgan fingerprint density at radius 3 is 2.18 bits per heavy atom. The van der Waals surface area contributed by atoms with Crippen LogP contribution in [0.3, 0.4) is 0 Å². The molecule has 0 fully saturated rings. The average Bonchev–Trinajstić information content (AvgIpc) is 2.15. The summed E-state index contributed by atoms with van der Waals surface area (Å²) < 4.78 is 6.30. The zero-order valence-corrected chi connectivity index (χ0v) is 13.3. The molecule has 0 aliphatic heterocycles. The van der Waals surface area contributed by atoms with E-state index in [-0.39, 0.29) is 5.04 Å². The summed E-state index contributed by atoms with van der Waals surface area (Å²) in [5.74, 6) is 1.58. The number of hydrogen-bond acceptors (Lipinski definition) is 1. The van der Waals surface area contributed by atoms with Gasteiger partial charge in [0, 0.05) is 0 Å². The van der Waals surface area contributed by atoms with E-state index in [2.05, 4.69) is 72.0 Å². The summed E-state index contributed by atoms with van der Waals surface area (Å²) >= 11 is 0. The highest BCUT2D eigenvalue weighted by Gasteiger charge is 2.38. The van der Waals surface area contributed by atoms with E-state index >= 15 is 0 Å².